The average Bonchev–Trinajstić information content (AvgIpc) is 3.09. The summed E-state index contributed by atoms with van der Waals surface area (Å²) in [6.45, 7) is 1.51. The fourth-order valence-corrected chi connectivity index (χ4v) is 2.99. The molecule has 2 aromatic carbocycles. The van der Waals surface area contributed by atoms with E-state index >= 15 is 0 Å². The lowest BCUT2D eigenvalue weighted by Crippen LogP contribution is -2.30. The number of nitrogens with one attached hydrogen (secondary N) is 1. The van der Waals surface area contributed by atoms with E-state index in [-0.39, 0.29) is 17.0 Å². The molecule has 0 heterocycles. The minimum atomic E-state index is -0.941. The van der Waals surface area contributed by atoms with Crippen molar-refractivity contribution >= 4 is 23.6 Å². The molecule has 0 aromatic heterocycles. The van der Waals surface area contributed by atoms with E-state index in [2.05, 4.69) is 5.32 Å². The van der Waals surface area contributed by atoms with Crippen molar-refractivity contribution in [2.45, 2.75) is 32.3 Å². The van der Waals surface area contributed by atoms with Gasteiger partial charge < -0.3 is 10.1 Å². The second-order valence-corrected chi connectivity index (χ2v) is 6.19. The second-order valence-electron chi connectivity index (χ2n) is 6.19. The van der Waals surface area contributed by atoms with Gasteiger partial charge in [-0.05, 0) is 61.6 Å². The van der Waals surface area contributed by atoms with Crippen LogP contribution in [0.1, 0.15) is 34.8 Å². The van der Waals surface area contributed by atoms with Crippen LogP contribution in [0.25, 0.3) is 0 Å². The Morgan fingerprint density at radius 2 is 2.00 bits per heavy atom. The largest absolute Gasteiger partial charge is 0.474 e. The zero-order chi connectivity index (χ0) is 18.7. The van der Waals surface area contributed by atoms with Crippen LogP contribution in [0.2, 0.25) is 0 Å². The molecule has 0 saturated heterocycles. The molecular formula is C19H18N2O5. The van der Waals surface area contributed by atoms with Crippen LogP contribution in [0.3, 0.4) is 0 Å². The number of fused-ring (bicyclic) bond motifs is 1. The number of amides is 1. The molecule has 7 nitrogen and oxygen atoms in total. The molecule has 2 aromatic rings. The molecule has 0 fully saturated rings. The Kier molecular flexibility index (Phi) is 4.97. The van der Waals surface area contributed by atoms with Crippen LogP contribution in [-0.2, 0) is 17.6 Å². The van der Waals surface area contributed by atoms with Gasteiger partial charge in [0.1, 0.15) is 6.29 Å². The first-order valence-electron chi connectivity index (χ1n) is 8.31. The minimum Gasteiger partial charge on any atom is -0.474 e. The Bertz CT molecular complexity index is 878. The van der Waals surface area contributed by atoms with Gasteiger partial charge in [-0.1, -0.05) is 6.07 Å². The summed E-state index contributed by atoms with van der Waals surface area (Å²) in [7, 11) is 0. The maximum absolute atomic E-state index is 12.4. The number of rotatable bonds is 6. The molecule has 1 aliphatic carbocycles. The van der Waals surface area contributed by atoms with E-state index in [1.807, 2.05) is 18.2 Å². The van der Waals surface area contributed by atoms with Crippen molar-refractivity contribution < 1.29 is 19.2 Å². The van der Waals surface area contributed by atoms with Crippen LogP contribution >= 0.6 is 0 Å². The number of nitrogens with zero attached hydrogens (tertiary/aromatic N) is 1. The van der Waals surface area contributed by atoms with E-state index in [1.165, 1.54) is 30.2 Å². The van der Waals surface area contributed by atoms with Crippen LogP contribution in [0.4, 0.5) is 11.4 Å². The summed E-state index contributed by atoms with van der Waals surface area (Å²) in [4.78, 5) is 33.6. The van der Waals surface area contributed by atoms with Crippen LogP contribution < -0.4 is 10.1 Å². The number of carbonyl (C=O) groups is 2. The molecule has 134 valence electrons. The molecule has 1 N–H and O–H groups in total. The quantitative estimate of drug-likeness (QED) is 0.487. The SMILES string of the molecule is C[C@@H](Oc1ccc(C=O)cc1[N+](=O)[O-])C(=O)Nc1ccc2c(c1)CCC2. The highest BCUT2D eigenvalue weighted by Crippen LogP contribution is 2.29. The number of nitro groups is 1. The normalized spacial score (nSPS) is 13.6. The van der Waals surface area contributed by atoms with Gasteiger partial charge in [0.15, 0.2) is 11.9 Å². The summed E-state index contributed by atoms with van der Waals surface area (Å²) in [6, 6.07) is 9.64. The summed E-state index contributed by atoms with van der Waals surface area (Å²) in [6.07, 6.45) is 2.75. The molecule has 0 aliphatic heterocycles. The molecule has 0 unspecified atom stereocenters. The number of benzene rings is 2. The first kappa shape index (κ1) is 17.6. The van der Waals surface area contributed by atoms with Gasteiger partial charge >= 0.3 is 5.69 Å². The van der Waals surface area contributed by atoms with E-state index in [1.54, 1.807) is 0 Å². The number of anilines is 1. The highest BCUT2D eigenvalue weighted by atomic mass is 16.6. The Hall–Kier alpha value is -3.22. The number of hydrogen-bond donors (Lipinski definition) is 1. The van der Waals surface area contributed by atoms with Crippen molar-refractivity contribution in [2.24, 2.45) is 0 Å². The smallest absolute Gasteiger partial charge is 0.311 e. The average molecular weight is 354 g/mol. The van der Waals surface area contributed by atoms with E-state index in [0.717, 1.165) is 25.3 Å². The Morgan fingerprint density at radius 3 is 2.73 bits per heavy atom. The third-order valence-corrected chi connectivity index (χ3v) is 4.35. The minimum absolute atomic E-state index is 0.0581. The van der Waals surface area contributed by atoms with Gasteiger partial charge in [0, 0.05) is 17.3 Å². The molecule has 0 bridgehead atoms. The van der Waals surface area contributed by atoms with Gasteiger partial charge in [0.25, 0.3) is 5.91 Å². The molecule has 3 rings (SSSR count). The van der Waals surface area contributed by atoms with Crippen molar-refractivity contribution in [3.05, 3.63) is 63.2 Å². The molecule has 7 heteroatoms. The number of aryl methyl sites for hydroxylation is 2. The Labute approximate surface area is 150 Å². The molecule has 26 heavy (non-hydrogen) atoms. The van der Waals surface area contributed by atoms with Gasteiger partial charge in [-0.15, -0.1) is 0 Å². The molecule has 1 atom stereocenters. The van der Waals surface area contributed by atoms with E-state index < -0.39 is 16.9 Å². The van der Waals surface area contributed by atoms with Crippen molar-refractivity contribution in [2.75, 3.05) is 5.32 Å². The molecule has 0 spiro atoms. The molecular weight excluding hydrogens is 336 g/mol. The highest BCUT2D eigenvalue weighted by Gasteiger charge is 2.22. The number of ether oxygens (including phenoxy) is 1. The highest BCUT2D eigenvalue weighted by molar-refractivity contribution is 5.94. The summed E-state index contributed by atoms with van der Waals surface area (Å²) >= 11 is 0. The Balaban J connectivity index is 1.71. The summed E-state index contributed by atoms with van der Waals surface area (Å²) in [5, 5.41) is 13.9. The van der Waals surface area contributed by atoms with E-state index in [9.17, 15) is 19.7 Å². The van der Waals surface area contributed by atoms with Crippen LogP contribution in [0.5, 0.6) is 5.75 Å². The molecule has 1 amide bonds. The predicted molar refractivity (Wildman–Crippen MR) is 95.7 cm³/mol. The summed E-state index contributed by atoms with van der Waals surface area (Å²) in [5.41, 5.74) is 3.03. The van der Waals surface area contributed by atoms with Crippen LogP contribution in [0.15, 0.2) is 36.4 Å². The molecule has 1 aliphatic rings. The predicted octanol–water partition coefficient (Wildman–Crippen LogP) is 3.30. The third-order valence-electron chi connectivity index (χ3n) is 4.35. The molecule has 0 radical (unpaired) electrons. The van der Waals surface area contributed by atoms with Crippen molar-refractivity contribution in [1.82, 2.24) is 0 Å². The summed E-state index contributed by atoms with van der Waals surface area (Å²) < 4.78 is 5.46. The number of nitro benzene ring substituents is 1. The van der Waals surface area contributed by atoms with Crippen LogP contribution in [0, 0.1) is 10.1 Å². The lowest BCUT2D eigenvalue weighted by molar-refractivity contribution is -0.386. The fourth-order valence-electron chi connectivity index (χ4n) is 2.99. The van der Waals surface area contributed by atoms with E-state index in [0.29, 0.717) is 12.0 Å². The van der Waals surface area contributed by atoms with Crippen LogP contribution in [-0.4, -0.2) is 23.2 Å². The monoisotopic (exact) mass is 354 g/mol. The Morgan fingerprint density at radius 1 is 1.23 bits per heavy atom. The third kappa shape index (κ3) is 3.72. The first-order valence-corrected chi connectivity index (χ1v) is 8.31. The van der Waals surface area contributed by atoms with Gasteiger partial charge in [-0.2, -0.15) is 0 Å². The van der Waals surface area contributed by atoms with E-state index in [4.69, 9.17) is 4.74 Å². The topological polar surface area (TPSA) is 98.5 Å². The lowest BCUT2D eigenvalue weighted by atomic mass is 10.1. The first-order chi connectivity index (χ1) is 12.5. The number of carbonyl (C=O) groups excluding carboxylic acids is 2. The van der Waals surface area contributed by atoms with Gasteiger partial charge in [0.2, 0.25) is 0 Å². The van der Waals surface area contributed by atoms with Gasteiger partial charge in [-0.3, -0.25) is 19.7 Å². The lowest BCUT2D eigenvalue weighted by Gasteiger charge is -2.15. The van der Waals surface area contributed by atoms with Gasteiger partial charge in [-0.25, -0.2) is 0 Å². The second kappa shape index (κ2) is 7.35. The van der Waals surface area contributed by atoms with Gasteiger partial charge in [0.05, 0.1) is 4.92 Å². The zero-order valence-electron chi connectivity index (χ0n) is 14.2. The fraction of sp³-hybridized carbons (Fsp3) is 0.263. The van der Waals surface area contributed by atoms with Crippen molar-refractivity contribution in [3.8, 4) is 5.75 Å². The number of hydrogen-bond acceptors (Lipinski definition) is 5. The number of aldehydes is 1. The van der Waals surface area contributed by atoms with Crippen molar-refractivity contribution in [3.63, 3.8) is 0 Å². The maximum atomic E-state index is 12.4. The van der Waals surface area contributed by atoms with Crippen molar-refractivity contribution in [1.29, 1.82) is 0 Å². The molecule has 0 saturated carbocycles. The maximum Gasteiger partial charge on any atom is 0.311 e. The summed E-state index contributed by atoms with van der Waals surface area (Å²) in [5.74, 6) is -0.464. The standard InChI is InChI=1S/C19H18N2O5/c1-12(26-18-8-5-13(11-22)9-17(18)21(24)25)19(23)20-16-7-6-14-3-2-4-15(14)10-16/h5-12H,2-4H2,1H3,(H,20,23)/t12-/m1/s1. The zero-order valence-corrected chi connectivity index (χ0v) is 14.2.